The lowest BCUT2D eigenvalue weighted by atomic mass is 9.98. The number of thioether (sulfide) groups is 1. The molecule has 0 radical (unpaired) electrons. The topological polar surface area (TPSA) is 35.8 Å². The van der Waals surface area contributed by atoms with Gasteiger partial charge in [0.15, 0.2) is 0 Å². The molecule has 1 aromatic carbocycles. The summed E-state index contributed by atoms with van der Waals surface area (Å²) < 4.78 is 0. The zero-order valence-electron chi connectivity index (χ0n) is 11.7. The van der Waals surface area contributed by atoms with Crippen molar-refractivity contribution in [3.05, 3.63) is 34.9 Å². The van der Waals surface area contributed by atoms with Crippen molar-refractivity contribution >= 4 is 23.4 Å². The zero-order chi connectivity index (χ0) is 14.3. The molecule has 104 valence electrons. The molecule has 1 aromatic rings. The molecule has 2 atom stereocenters. The molecule has 19 heavy (non-hydrogen) atoms. The van der Waals surface area contributed by atoms with Crippen molar-refractivity contribution in [1.82, 2.24) is 5.32 Å². The van der Waals surface area contributed by atoms with Crippen LogP contribution in [0.3, 0.4) is 0 Å². The smallest absolute Gasteiger partial charge is 0.104 e. The van der Waals surface area contributed by atoms with Gasteiger partial charge in [-0.05, 0) is 37.6 Å². The Morgan fingerprint density at radius 3 is 2.58 bits per heavy atom. The van der Waals surface area contributed by atoms with Gasteiger partial charge in [0.1, 0.15) is 5.54 Å². The van der Waals surface area contributed by atoms with Crippen LogP contribution in [0.15, 0.2) is 24.3 Å². The summed E-state index contributed by atoms with van der Waals surface area (Å²) in [5.74, 6) is 0.950. The summed E-state index contributed by atoms with van der Waals surface area (Å²) in [5, 5.41) is 13.7. The van der Waals surface area contributed by atoms with E-state index >= 15 is 0 Å². The normalized spacial score (nSPS) is 15.5. The third kappa shape index (κ3) is 5.86. The lowest BCUT2D eigenvalue weighted by Gasteiger charge is -2.25. The van der Waals surface area contributed by atoms with Crippen LogP contribution in [0.4, 0.5) is 0 Å². The minimum Gasteiger partial charge on any atom is -0.300 e. The van der Waals surface area contributed by atoms with E-state index in [0.29, 0.717) is 5.25 Å². The first-order valence-electron chi connectivity index (χ1n) is 6.51. The first-order valence-corrected chi connectivity index (χ1v) is 7.94. The standard InChI is InChI=1S/C15H21ClN2S/c1-4-18-15(3,11-17)9-12(2)19-10-13-5-7-14(16)8-6-13/h5-8,12,18H,4,9-10H2,1-3H3. The van der Waals surface area contributed by atoms with Crippen LogP contribution in [0.2, 0.25) is 5.02 Å². The Hall–Kier alpha value is -0.690. The van der Waals surface area contributed by atoms with Crippen LogP contribution < -0.4 is 5.32 Å². The highest BCUT2D eigenvalue weighted by Crippen LogP contribution is 2.25. The van der Waals surface area contributed by atoms with Crippen molar-refractivity contribution in [2.45, 2.75) is 43.7 Å². The summed E-state index contributed by atoms with van der Waals surface area (Å²) in [6.07, 6.45) is 0.843. The third-order valence-corrected chi connectivity index (χ3v) is 4.44. The molecular formula is C15H21ClN2S. The molecule has 0 fully saturated rings. The van der Waals surface area contributed by atoms with E-state index in [0.717, 1.165) is 23.7 Å². The molecule has 0 aliphatic rings. The molecule has 2 nitrogen and oxygen atoms in total. The Morgan fingerprint density at radius 2 is 2.05 bits per heavy atom. The molecule has 1 rings (SSSR count). The fourth-order valence-electron chi connectivity index (χ4n) is 2.00. The number of benzene rings is 1. The van der Waals surface area contributed by atoms with Gasteiger partial charge in [-0.15, -0.1) is 0 Å². The summed E-state index contributed by atoms with van der Waals surface area (Å²) in [6.45, 7) is 6.99. The highest BCUT2D eigenvalue weighted by atomic mass is 35.5. The second kappa shape index (κ2) is 7.79. The Labute approximate surface area is 125 Å². The summed E-state index contributed by atoms with van der Waals surface area (Å²) in [5.41, 5.74) is 0.838. The van der Waals surface area contributed by atoms with E-state index < -0.39 is 5.54 Å². The fraction of sp³-hybridized carbons (Fsp3) is 0.533. The summed E-state index contributed by atoms with van der Waals surface area (Å²) in [6, 6.07) is 10.3. The number of halogens is 1. The van der Waals surface area contributed by atoms with Gasteiger partial charge in [0.25, 0.3) is 0 Å². The van der Waals surface area contributed by atoms with Crippen LogP contribution in [0.5, 0.6) is 0 Å². The van der Waals surface area contributed by atoms with Crippen molar-refractivity contribution in [3.63, 3.8) is 0 Å². The lowest BCUT2D eigenvalue weighted by molar-refractivity contribution is 0.429. The van der Waals surface area contributed by atoms with Crippen LogP contribution >= 0.6 is 23.4 Å². The monoisotopic (exact) mass is 296 g/mol. The van der Waals surface area contributed by atoms with E-state index in [4.69, 9.17) is 11.6 Å². The van der Waals surface area contributed by atoms with Crippen LogP contribution in [0.1, 0.15) is 32.8 Å². The predicted octanol–water partition coefficient (Wildman–Crippen LogP) is 4.24. The molecule has 0 aromatic heterocycles. The van der Waals surface area contributed by atoms with Crippen LogP contribution in [-0.2, 0) is 5.75 Å². The van der Waals surface area contributed by atoms with E-state index in [2.05, 4.69) is 30.4 Å². The summed E-state index contributed by atoms with van der Waals surface area (Å²) in [4.78, 5) is 0. The van der Waals surface area contributed by atoms with Crippen LogP contribution in [0.25, 0.3) is 0 Å². The third-order valence-electron chi connectivity index (χ3n) is 2.96. The molecule has 0 spiro atoms. The molecule has 2 unspecified atom stereocenters. The van der Waals surface area contributed by atoms with E-state index in [-0.39, 0.29) is 0 Å². The largest absolute Gasteiger partial charge is 0.300 e. The molecule has 0 aliphatic heterocycles. The Balaban J connectivity index is 2.45. The summed E-state index contributed by atoms with van der Waals surface area (Å²) in [7, 11) is 0. The maximum atomic E-state index is 9.24. The van der Waals surface area contributed by atoms with E-state index in [1.165, 1.54) is 5.56 Å². The maximum absolute atomic E-state index is 9.24. The number of nitrogens with zero attached hydrogens (tertiary/aromatic N) is 1. The molecule has 0 bridgehead atoms. The van der Waals surface area contributed by atoms with E-state index in [9.17, 15) is 5.26 Å². The molecular weight excluding hydrogens is 276 g/mol. The molecule has 0 saturated heterocycles. The quantitative estimate of drug-likeness (QED) is 0.817. The van der Waals surface area contributed by atoms with Gasteiger partial charge in [-0.2, -0.15) is 17.0 Å². The van der Waals surface area contributed by atoms with Crippen molar-refractivity contribution in [3.8, 4) is 6.07 Å². The van der Waals surface area contributed by atoms with Gasteiger partial charge in [0.05, 0.1) is 6.07 Å². The Morgan fingerprint density at radius 1 is 1.42 bits per heavy atom. The second-order valence-corrected chi connectivity index (χ2v) is 6.79. The minimum absolute atomic E-state index is 0.429. The average molecular weight is 297 g/mol. The summed E-state index contributed by atoms with van der Waals surface area (Å²) >= 11 is 7.73. The highest BCUT2D eigenvalue weighted by molar-refractivity contribution is 7.99. The van der Waals surface area contributed by atoms with Gasteiger partial charge in [-0.1, -0.05) is 37.6 Å². The number of nitriles is 1. The first-order chi connectivity index (χ1) is 8.99. The minimum atomic E-state index is -0.429. The number of hydrogen-bond donors (Lipinski definition) is 1. The molecule has 0 aliphatic carbocycles. The second-order valence-electron chi connectivity index (χ2n) is 4.93. The van der Waals surface area contributed by atoms with Gasteiger partial charge < -0.3 is 0 Å². The van der Waals surface area contributed by atoms with Gasteiger partial charge in [-0.25, -0.2) is 0 Å². The van der Waals surface area contributed by atoms with Gasteiger partial charge in [-0.3, -0.25) is 5.32 Å². The Kier molecular flexibility index (Phi) is 6.71. The molecule has 0 heterocycles. The number of nitrogens with one attached hydrogen (secondary N) is 1. The number of rotatable bonds is 7. The maximum Gasteiger partial charge on any atom is 0.104 e. The van der Waals surface area contributed by atoms with Gasteiger partial charge in [0.2, 0.25) is 0 Å². The van der Waals surface area contributed by atoms with E-state index in [1.54, 1.807) is 0 Å². The first kappa shape index (κ1) is 16.4. The van der Waals surface area contributed by atoms with Crippen LogP contribution in [0, 0.1) is 11.3 Å². The van der Waals surface area contributed by atoms with Crippen molar-refractivity contribution < 1.29 is 0 Å². The van der Waals surface area contributed by atoms with Crippen molar-refractivity contribution in [2.24, 2.45) is 0 Å². The molecule has 4 heteroatoms. The molecule has 0 saturated carbocycles. The van der Waals surface area contributed by atoms with Gasteiger partial charge >= 0.3 is 0 Å². The SMILES string of the molecule is CCNC(C)(C#N)CC(C)SCc1ccc(Cl)cc1. The van der Waals surface area contributed by atoms with Crippen molar-refractivity contribution in [2.75, 3.05) is 6.54 Å². The average Bonchev–Trinajstić information content (AvgIpc) is 2.38. The predicted molar refractivity (Wildman–Crippen MR) is 84.5 cm³/mol. The fourth-order valence-corrected chi connectivity index (χ4v) is 3.25. The molecule has 0 amide bonds. The number of hydrogen-bond acceptors (Lipinski definition) is 3. The van der Waals surface area contributed by atoms with E-state index in [1.807, 2.05) is 37.7 Å². The van der Waals surface area contributed by atoms with Gasteiger partial charge in [0, 0.05) is 16.0 Å². The Bertz CT molecular complexity index is 427. The lowest BCUT2D eigenvalue weighted by Crippen LogP contribution is -2.42. The molecule has 1 N–H and O–H groups in total. The van der Waals surface area contributed by atoms with Crippen LogP contribution in [-0.4, -0.2) is 17.3 Å². The highest BCUT2D eigenvalue weighted by Gasteiger charge is 2.25. The van der Waals surface area contributed by atoms with Crippen molar-refractivity contribution in [1.29, 1.82) is 5.26 Å². The zero-order valence-corrected chi connectivity index (χ0v) is 13.3.